The molecule has 0 bridgehead atoms. The number of nitrogens with zero attached hydrogens (tertiary/aromatic N) is 4. The van der Waals surface area contributed by atoms with Crippen molar-refractivity contribution in [3.05, 3.63) is 121 Å². The molecule has 1 N–H and O–H groups in total. The number of amides is 1. The van der Waals surface area contributed by atoms with E-state index in [9.17, 15) is 14.4 Å². The molecule has 0 unspecified atom stereocenters. The van der Waals surface area contributed by atoms with Crippen molar-refractivity contribution < 1.29 is 4.79 Å². The summed E-state index contributed by atoms with van der Waals surface area (Å²) >= 11 is 6.24. The Labute approximate surface area is 194 Å². The summed E-state index contributed by atoms with van der Waals surface area (Å²) in [7, 11) is 0. The number of rotatable bonds is 6. The minimum Gasteiger partial charge on any atom is -0.346 e. The molecule has 33 heavy (non-hydrogen) atoms. The molecule has 8 nitrogen and oxygen atoms in total. The molecule has 0 atom stereocenters. The van der Waals surface area contributed by atoms with Gasteiger partial charge in [-0.2, -0.15) is 9.78 Å². The van der Waals surface area contributed by atoms with Gasteiger partial charge >= 0.3 is 5.69 Å². The van der Waals surface area contributed by atoms with Gasteiger partial charge in [-0.1, -0.05) is 48.0 Å². The smallest absolute Gasteiger partial charge is 0.346 e. The average Bonchev–Trinajstić information content (AvgIpc) is 2.83. The standard InChI is InChI=1S/C24H20ClN5O3/c1-16-7-8-19(13-20(16)25)30-24(33)29(15-18-5-3-2-4-6-18)23(32)21(28-30)22(31)27-14-17-9-11-26-12-10-17/h2-13H,14-15H2,1H3,(H,27,31). The molecule has 4 rings (SSSR count). The number of nitrogens with one attached hydrogen (secondary N) is 1. The summed E-state index contributed by atoms with van der Waals surface area (Å²) in [4.78, 5) is 43.2. The molecular formula is C24H20ClN5O3. The second-order valence-corrected chi connectivity index (χ2v) is 7.80. The molecule has 2 heterocycles. The van der Waals surface area contributed by atoms with E-state index in [-0.39, 0.29) is 13.1 Å². The van der Waals surface area contributed by atoms with Gasteiger partial charge in [0.1, 0.15) is 0 Å². The summed E-state index contributed by atoms with van der Waals surface area (Å²) in [5.74, 6) is -0.689. The summed E-state index contributed by atoms with van der Waals surface area (Å²) in [5, 5.41) is 7.23. The molecule has 4 aromatic rings. The highest BCUT2D eigenvalue weighted by atomic mass is 35.5. The van der Waals surface area contributed by atoms with E-state index >= 15 is 0 Å². The van der Waals surface area contributed by atoms with Crippen LogP contribution in [0.1, 0.15) is 27.2 Å². The lowest BCUT2D eigenvalue weighted by molar-refractivity contribution is 0.0941. The molecule has 166 valence electrons. The molecule has 0 aliphatic rings. The lowest BCUT2D eigenvalue weighted by Gasteiger charge is -2.13. The Hall–Kier alpha value is -4.04. The highest BCUT2D eigenvalue weighted by Crippen LogP contribution is 2.18. The molecule has 0 aliphatic carbocycles. The Morgan fingerprint density at radius 1 is 1.00 bits per heavy atom. The van der Waals surface area contributed by atoms with Crippen LogP contribution in [0.5, 0.6) is 0 Å². The van der Waals surface area contributed by atoms with Crippen molar-refractivity contribution in [2.24, 2.45) is 0 Å². The van der Waals surface area contributed by atoms with Crippen LogP contribution in [-0.4, -0.2) is 25.2 Å². The zero-order valence-corrected chi connectivity index (χ0v) is 18.5. The Kier molecular flexibility index (Phi) is 6.46. The van der Waals surface area contributed by atoms with Crippen molar-refractivity contribution in [1.29, 1.82) is 0 Å². The molecule has 0 saturated heterocycles. The maximum atomic E-state index is 13.2. The van der Waals surface area contributed by atoms with Gasteiger partial charge in [-0.05, 0) is 47.9 Å². The van der Waals surface area contributed by atoms with Crippen LogP contribution in [0.2, 0.25) is 5.02 Å². The normalized spacial score (nSPS) is 10.7. The summed E-state index contributed by atoms with van der Waals surface area (Å²) in [6.07, 6.45) is 3.21. The van der Waals surface area contributed by atoms with Crippen molar-refractivity contribution in [3.8, 4) is 5.69 Å². The van der Waals surface area contributed by atoms with Crippen LogP contribution >= 0.6 is 11.6 Å². The zero-order chi connectivity index (χ0) is 23.4. The van der Waals surface area contributed by atoms with Crippen LogP contribution in [-0.2, 0) is 13.1 Å². The summed E-state index contributed by atoms with van der Waals surface area (Å²) in [6, 6.07) is 17.5. The third-order valence-corrected chi connectivity index (χ3v) is 5.47. The zero-order valence-electron chi connectivity index (χ0n) is 17.7. The predicted octanol–water partition coefficient (Wildman–Crippen LogP) is 2.73. The van der Waals surface area contributed by atoms with Crippen molar-refractivity contribution >= 4 is 17.5 Å². The first-order valence-electron chi connectivity index (χ1n) is 10.2. The van der Waals surface area contributed by atoms with Gasteiger partial charge in [0, 0.05) is 24.0 Å². The first-order valence-corrected chi connectivity index (χ1v) is 10.5. The number of aryl methyl sites for hydroxylation is 1. The second-order valence-electron chi connectivity index (χ2n) is 7.39. The van der Waals surface area contributed by atoms with Crippen LogP contribution in [0.15, 0.2) is 82.6 Å². The van der Waals surface area contributed by atoms with Crippen molar-refractivity contribution in [1.82, 2.24) is 24.6 Å². The third-order valence-electron chi connectivity index (χ3n) is 5.06. The minimum atomic E-state index is -0.773. The van der Waals surface area contributed by atoms with Gasteiger partial charge in [0.2, 0.25) is 5.69 Å². The Morgan fingerprint density at radius 3 is 2.42 bits per heavy atom. The second kappa shape index (κ2) is 9.62. The predicted molar refractivity (Wildman–Crippen MR) is 125 cm³/mol. The van der Waals surface area contributed by atoms with Crippen LogP contribution in [0, 0.1) is 6.92 Å². The molecule has 0 spiro atoms. The van der Waals surface area contributed by atoms with E-state index in [0.717, 1.165) is 25.9 Å². The highest BCUT2D eigenvalue weighted by Gasteiger charge is 2.20. The number of carbonyl (C=O) groups excluding carboxylic acids is 1. The first-order chi connectivity index (χ1) is 15.9. The number of aromatic nitrogens is 4. The van der Waals surface area contributed by atoms with E-state index in [1.807, 2.05) is 25.1 Å². The molecule has 9 heteroatoms. The fourth-order valence-electron chi connectivity index (χ4n) is 3.21. The van der Waals surface area contributed by atoms with Crippen LogP contribution < -0.4 is 16.6 Å². The molecule has 0 fully saturated rings. The number of benzene rings is 2. The summed E-state index contributed by atoms with van der Waals surface area (Å²) in [6.45, 7) is 2.00. The van der Waals surface area contributed by atoms with Gasteiger partial charge in [-0.25, -0.2) is 4.79 Å². The Morgan fingerprint density at radius 2 is 1.73 bits per heavy atom. The quantitative estimate of drug-likeness (QED) is 0.476. The number of hydrogen-bond donors (Lipinski definition) is 1. The van der Waals surface area contributed by atoms with Gasteiger partial charge in [-0.3, -0.25) is 19.1 Å². The molecular weight excluding hydrogens is 442 g/mol. The lowest BCUT2D eigenvalue weighted by atomic mass is 10.2. The summed E-state index contributed by atoms with van der Waals surface area (Å²) < 4.78 is 2.02. The van der Waals surface area contributed by atoms with Crippen molar-refractivity contribution in [3.63, 3.8) is 0 Å². The van der Waals surface area contributed by atoms with Gasteiger partial charge in [-0.15, -0.1) is 0 Å². The fraction of sp³-hybridized carbons (Fsp3) is 0.125. The maximum Gasteiger partial charge on any atom is 0.352 e. The van der Waals surface area contributed by atoms with Gasteiger partial charge < -0.3 is 5.32 Å². The first kappa shape index (κ1) is 22.2. The number of carbonyl (C=O) groups is 1. The molecule has 2 aromatic heterocycles. The van der Waals surface area contributed by atoms with Crippen molar-refractivity contribution in [2.75, 3.05) is 0 Å². The SMILES string of the molecule is Cc1ccc(-n2nc(C(=O)NCc3ccncc3)c(=O)n(Cc3ccccc3)c2=O)cc1Cl. The van der Waals surface area contributed by atoms with E-state index in [1.165, 1.54) is 0 Å². The molecule has 1 amide bonds. The van der Waals surface area contributed by atoms with Gasteiger partial charge in [0.25, 0.3) is 11.5 Å². The van der Waals surface area contributed by atoms with Gasteiger partial charge in [0.15, 0.2) is 0 Å². The Balaban J connectivity index is 1.80. The molecule has 0 radical (unpaired) electrons. The van der Waals surface area contributed by atoms with E-state index in [4.69, 9.17) is 11.6 Å². The third kappa shape index (κ3) is 4.91. The minimum absolute atomic E-state index is 0.00868. The van der Waals surface area contributed by atoms with Gasteiger partial charge in [0.05, 0.1) is 12.2 Å². The largest absolute Gasteiger partial charge is 0.352 e. The number of hydrogen-bond acceptors (Lipinski definition) is 5. The fourth-order valence-corrected chi connectivity index (χ4v) is 3.39. The van der Waals surface area contributed by atoms with Crippen LogP contribution in [0.3, 0.4) is 0 Å². The monoisotopic (exact) mass is 461 g/mol. The number of pyridine rings is 1. The van der Waals surface area contributed by atoms with Crippen LogP contribution in [0.4, 0.5) is 0 Å². The van der Waals surface area contributed by atoms with E-state index < -0.39 is 22.9 Å². The topological polar surface area (TPSA) is 98.9 Å². The van der Waals surface area contributed by atoms with E-state index in [0.29, 0.717) is 10.7 Å². The molecule has 0 aliphatic heterocycles. The Bertz CT molecular complexity index is 1420. The van der Waals surface area contributed by atoms with Crippen molar-refractivity contribution in [2.45, 2.75) is 20.0 Å². The average molecular weight is 462 g/mol. The molecule has 2 aromatic carbocycles. The maximum absolute atomic E-state index is 13.2. The van der Waals surface area contributed by atoms with Crippen LogP contribution in [0.25, 0.3) is 5.69 Å². The van der Waals surface area contributed by atoms with E-state index in [2.05, 4.69) is 15.4 Å². The lowest BCUT2D eigenvalue weighted by Crippen LogP contribution is -2.46. The highest BCUT2D eigenvalue weighted by molar-refractivity contribution is 6.31. The van der Waals surface area contributed by atoms with E-state index in [1.54, 1.807) is 54.9 Å². The molecule has 0 saturated carbocycles. The number of halogens is 1. The summed E-state index contributed by atoms with van der Waals surface area (Å²) in [5.41, 5.74) is 0.874.